The molecule has 0 aliphatic heterocycles. The van der Waals surface area contributed by atoms with Crippen molar-refractivity contribution >= 4 is 28.7 Å². The van der Waals surface area contributed by atoms with E-state index in [4.69, 9.17) is 0 Å². The van der Waals surface area contributed by atoms with Gasteiger partial charge in [-0.1, -0.05) is 12.1 Å². The molecular formula is C13H17N3O2S. The van der Waals surface area contributed by atoms with Crippen molar-refractivity contribution in [3.05, 3.63) is 30.1 Å². The summed E-state index contributed by atoms with van der Waals surface area (Å²) in [5.41, 5.74) is 1.60. The van der Waals surface area contributed by atoms with Gasteiger partial charge < -0.3 is 15.4 Å². The lowest BCUT2D eigenvalue weighted by Crippen LogP contribution is -2.41. The fourth-order valence-electron chi connectivity index (χ4n) is 1.87. The molecule has 0 unspecified atom stereocenters. The molecule has 1 amide bonds. The SMILES string of the molecule is CS[C@@H](CO)[C@H](C)NC(=O)c1nc2ccccc2[nH]1. The second-order valence-electron chi connectivity index (χ2n) is 4.32. The molecule has 2 atom stereocenters. The lowest BCUT2D eigenvalue weighted by molar-refractivity contribution is 0.0926. The van der Waals surface area contributed by atoms with Gasteiger partial charge in [-0.2, -0.15) is 11.8 Å². The van der Waals surface area contributed by atoms with Crippen LogP contribution in [-0.2, 0) is 0 Å². The lowest BCUT2D eigenvalue weighted by Gasteiger charge is -2.20. The molecule has 0 saturated heterocycles. The standard InChI is InChI=1S/C13H17N3O2S/c1-8(11(7-17)19-2)14-13(18)12-15-9-5-3-4-6-10(9)16-12/h3-6,8,11,17H,7H2,1-2H3,(H,14,18)(H,15,16)/t8-,11-/m0/s1. The Morgan fingerprint density at radius 2 is 2.26 bits per heavy atom. The Balaban J connectivity index is 2.11. The number of amides is 1. The first-order valence-electron chi connectivity index (χ1n) is 6.05. The fraction of sp³-hybridized carbons (Fsp3) is 0.385. The van der Waals surface area contributed by atoms with E-state index in [0.717, 1.165) is 11.0 Å². The summed E-state index contributed by atoms with van der Waals surface area (Å²) in [5.74, 6) is 0.0436. The van der Waals surface area contributed by atoms with Crippen molar-refractivity contribution in [3.8, 4) is 0 Å². The maximum atomic E-state index is 12.1. The van der Waals surface area contributed by atoms with Gasteiger partial charge in [0.1, 0.15) is 0 Å². The van der Waals surface area contributed by atoms with Gasteiger partial charge in [-0.05, 0) is 25.3 Å². The molecule has 0 aliphatic rings. The van der Waals surface area contributed by atoms with Crippen LogP contribution in [0.2, 0.25) is 0 Å². The van der Waals surface area contributed by atoms with E-state index in [1.807, 2.05) is 37.4 Å². The summed E-state index contributed by atoms with van der Waals surface area (Å²) < 4.78 is 0. The number of hydrogen-bond donors (Lipinski definition) is 3. The van der Waals surface area contributed by atoms with Crippen molar-refractivity contribution in [2.45, 2.75) is 18.2 Å². The topological polar surface area (TPSA) is 78.0 Å². The van der Waals surface area contributed by atoms with E-state index in [1.165, 1.54) is 11.8 Å². The number of aromatic nitrogens is 2. The van der Waals surface area contributed by atoms with Gasteiger partial charge in [0.05, 0.1) is 17.6 Å². The number of aliphatic hydroxyl groups excluding tert-OH is 1. The summed E-state index contributed by atoms with van der Waals surface area (Å²) in [4.78, 5) is 19.3. The summed E-state index contributed by atoms with van der Waals surface area (Å²) in [6.07, 6.45) is 1.91. The molecule has 1 aromatic carbocycles. The first-order valence-corrected chi connectivity index (χ1v) is 7.33. The average molecular weight is 279 g/mol. The van der Waals surface area contributed by atoms with Gasteiger partial charge >= 0.3 is 0 Å². The summed E-state index contributed by atoms with van der Waals surface area (Å²) in [6, 6.07) is 7.37. The molecule has 5 nitrogen and oxygen atoms in total. The number of para-hydroxylation sites is 2. The Kier molecular flexibility index (Phi) is 4.44. The van der Waals surface area contributed by atoms with Gasteiger partial charge in [-0.25, -0.2) is 4.98 Å². The molecule has 0 fully saturated rings. The van der Waals surface area contributed by atoms with Crippen LogP contribution < -0.4 is 5.32 Å². The number of rotatable bonds is 5. The van der Waals surface area contributed by atoms with Gasteiger partial charge in [0.2, 0.25) is 0 Å². The molecular weight excluding hydrogens is 262 g/mol. The van der Waals surface area contributed by atoms with E-state index in [9.17, 15) is 9.90 Å². The molecule has 102 valence electrons. The van der Waals surface area contributed by atoms with Crippen LogP contribution in [0.3, 0.4) is 0 Å². The zero-order valence-electron chi connectivity index (χ0n) is 10.9. The molecule has 0 bridgehead atoms. The van der Waals surface area contributed by atoms with Crippen LogP contribution in [0.4, 0.5) is 0 Å². The molecule has 6 heteroatoms. The van der Waals surface area contributed by atoms with Gasteiger partial charge in [-0.15, -0.1) is 0 Å². The average Bonchev–Trinajstić information content (AvgIpc) is 2.84. The van der Waals surface area contributed by atoms with Gasteiger partial charge in [0, 0.05) is 11.3 Å². The smallest absolute Gasteiger partial charge is 0.287 e. The van der Waals surface area contributed by atoms with Gasteiger partial charge in [0.25, 0.3) is 5.91 Å². The number of carbonyl (C=O) groups is 1. The summed E-state index contributed by atoms with van der Waals surface area (Å²) >= 11 is 1.52. The number of H-pyrrole nitrogens is 1. The van der Waals surface area contributed by atoms with E-state index < -0.39 is 0 Å². The third-order valence-corrected chi connectivity index (χ3v) is 4.17. The van der Waals surface area contributed by atoms with Gasteiger partial charge in [0.15, 0.2) is 5.82 Å². The van der Waals surface area contributed by atoms with E-state index in [-0.39, 0.29) is 23.8 Å². The van der Waals surface area contributed by atoms with E-state index >= 15 is 0 Å². The third kappa shape index (κ3) is 3.08. The van der Waals surface area contributed by atoms with Crippen molar-refractivity contribution in [1.82, 2.24) is 15.3 Å². The zero-order chi connectivity index (χ0) is 13.8. The number of nitrogens with one attached hydrogen (secondary N) is 2. The normalized spacial score (nSPS) is 14.3. The highest BCUT2D eigenvalue weighted by Gasteiger charge is 2.19. The van der Waals surface area contributed by atoms with Crippen LogP contribution in [0.25, 0.3) is 11.0 Å². The molecule has 1 heterocycles. The number of thioether (sulfide) groups is 1. The monoisotopic (exact) mass is 279 g/mol. The maximum absolute atomic E-state index is 12.1. The van der Waals surface area contributed by atoms with Crippen LogP contribution >= 0.6 is 11.8 Å². The first-order chi connectivity index (χ1) is 9.15. The number of carbonyl (C=O) groups excluding carboxylic acids is 1. The molecule has 3 N–H and O–H groups in total. The quantitative estimate of drug-likeness (QED) is 0.773. The van der Waals surface area contributed by atoms with Crippen LogP contribution in [-0.4, -0.2) is 45.1 Å². The minimum absolute atomic E-state index is 0.0201. The number of benzene rings is 1. The second-order valence-corrected chi connectivity index (χ2v) is 5.40. The summed E-state index contributed by atoms with van der Waals surface area (Å²) in [7, 11) is 0. The number of aromatic amines is 1. The molecule has 1 aromatic heterocycles. The van der Waals surface area contributed by atoms with E-state index in [0.29, 0.717) is 5.82 Å². The number of aliphatic hydroxyl groups is 1. The Morgan fingerprint density at radius 1 is 1.53 bits per heavy atom. The molecule has 0 saturated carbocycles. The van der Waals surface area contributed by atoms with Crippen LogP contribution in [0.5, 0.6) is 0 Å². The maximum Gasteiger partial charge on any atom is 0.287 e. The molecule has 19 heavy (non-hydrogen) atoms. The molecule has 2 aromatic rings. The Morgan fingerprint density at radius 3 is 2.89 bits per heavy atom. The van der Waals surface area contributed by atoms with Crippen molar-refractivity contribution in [2.24, 2.45) is 0 Å². The minimum atomic E-state index is -0.254. The number of fused-ring (bicyclic) bond motifs is 1. The van der Waals surface area contributed by atoms with Crippen molar-refractivity contribution in [3.63, 3.8) is 0 Å². The summed E-state index contributed by atoms with van der Waals surface area (Å²) in [6.45, 7) is 1.90. The first kappa shape index (κ1) is 13.9. The van der Waals surface area contributed by atoms with Crippen molar-refractivity contribution in [2.75, 3.05) is 12.9 Å². The predicted molar refractivity (Wildman–Crippen MR) is 77.4 cm³/mol. The zero-order valence-corrected chi connectivity index (χ0v) is 11.7. The molecule has 0 aliphatic carbocycles. The van der Waals surface area contributed by atoms with Crippen LogP contribution in [0.15, 0.2) is 24.3 Å². The summed E-state index contributed by atoms with van der Waals surface area (Å²) in [5, 5.41) is 12.0. The Labute approximate surface area is 115 Å². The fourth-order valence-corrected chi connectivity index (χ4v) is 2.49. The highest BCUT2D eigenvalue weighted by Crippen LogP contribution is 2.12. The highest BCUT2D eigenvalue weighted by molar-refractivity contribution is 7.99. The van der Waals surface area contributed by atoms with Crippen molar-refractivity contribution < 1.29 is 9.90 Å². The number of hydrogen-bond acceptors (Lipinski definition) is 4. The van der Waals surface area contributed by atoms with Crippen LogP contribution in [0.1, 0.15) is 17.5 Å². The lowest BCUT2D eigenvalue weighted by atomic mass is 10.2. The molecule has 0 spiro atoms. The third-order valence-electron chi connectivity index (χ3n) is 3.00. The Bertz CT molecular complexity index is 533. The molecule has 2 rings (SSSR count). The van der Waals surface area contributed by atoms with Crippen LogP contribution in [0, 0.1) is 0 Å². The Hall–Kier alpha value is -1.53. The van der Waals surface area contributed by atoms with E-state index in [1.54, 1.807) is 0 Å². The number of imidazole rings is 1. The van der Waals surface area contributed by atoms with Crippen molar-refractivity contribution in [1.29, 1.82) is 0 Å². The largest absolute Gasteiger partial charge is 0.395 e. The second kappa shape index (κ2) is 6.08. The number of nitrogens with zero attached hydrogens (tertiary/aromatic N) is 1. The highest BCUT2D eigenvalue weighted by atomic mass is 32.2. The predicted octanol–water partition coefficient (Wildman–Crippen LogP) is 1.41. The molecule has 0 radical (unpaired) electrons. The minimum Gasteiger partial charge on any atom is -0.395 e. The van der Waals surface area contributed by atoms with Gasteiger partial charge in [-0.3, -0.25) is 4.79 Å². The van der Waals surface area contributed by atoms with E-state index in [2.05, 4.69) is 15.3 Å².